The second kappa shape index (κ2) is 4.79. The minimum atomic E-state index is -0.0683. The van der Waals surface area contributed by atoms with E-state index in [4.69, 9.17) is 0 Å². The Hall–Kier alpha value is -1.05. The predicted octanol–water partition coefficient (Wildman–Crippen LogP) is 1.25. The summed E-state index contributed by atoms with van der Waals surface area (Å²) in [6.45, 7) is 3.88. The average molecular weight is 139 g/mol. The zero-order valence-corrected chi connectivity index (χ0v) is 6.64. The van der Waals surface area contributed by atoms with Gasteiger partial charge < -0.3 is 5.32 Å². The second-order valence-electron chi connectivity index (χ2n) is 1.98. The van der Waals surface area contributed by atoms with Crippen LogP contribution in [0.2, 0.25) is 0 Å². The molecule has 0 unspecified atom stereocenters. The lowest BCUT2D eigenvalue weighted by Crippen LogP contribution is -2.13. The molecule has 0 radical (unpaired) electrons. The number of hydrogen-bond acceptors (Lipinski definition) is 1. The lowest BCUT2D eigenvalue weighted by molar-refractivity contribution is -0.116. The van der Waals surface area contributed by atoms with Crippen molar-refractivity contribution in [3.63, 3.8) is 0 Å². The first-order valence-corrected chi connectivity index (χ1v) is 3.23. The third-order valence-electron chi connectivity index (χ3n) is 1.20. The lowest BCUT2D eigenvalue weighted by Gasteiger charge is -1.89. The van der Waals surface area contributed by atoms with Crippen molar-refractivity contribution in [2.45, 2.75) is 13.8 Å². The van der Waals surface area contributed by atoms with Gasteiger partial charge in [0, 0.05) is 13.1 Å². The van der Waals surface area contributed by atoms with Crippen LogP contribution in [-0.2, 0) is 4.79 Å². The molecule has 0 spiro atoms. The quantitative estimate of drug-likeness (QED) is 0.453. The van der Waals surface area contributed by atoms with Gasteiger partial charge in [-0.1, -0.05) is 17.7 Å². The summed E-state index contributed by atoms with van der Waals surface area (Å²) in [7, 11) is 1.61. The Morgan fingerprint density at radius 1 is 1.40 bits per heavy atom. The van der Waals surface area contributed by atoms with Crippen LogP contribution in [0.4, 0.5) is 0 Å². The van der Waals surface area contributed by atoms with Gasteiger partial charge >= 0.3 is 0 Å². The van der Waals surface area contributed by atoms with Gasteiger partial charge in [-0.3, -0.25) is 4.79 Å². The van der Waals surface area contributed by atoms with Gasteiger partial charge in [-0.05, 0) is 13.8 Å². The molecule has 0 bridgehead atoms. The summed E-state index contributed by atoms with van der Waals surface area (Å²) in [4.78, 5) is 10.6. The fraction of sp³-hybridized carbons (Fsp3) is 0.375. The first-order valence-electron chi connectivity index (χ1n) is 3.23. The minimum Gasteiger partial charge on any atom is -0.356 e. The van der Waals surface area contributed by atoms with Crippen LogP contribution in [0.15, 0.2) is 23.8 Å². The molecule has 0 aliphatic rings. The highest BCUT2D eigenvalue weighted by Crippen LogP contribution is 1.92. The molecule has 2 heteroatoms. The van der Waals surface area contributed by atoms with Gasteiger partial charge in [-0.25, -0.2) is 0 Å². The highest BCUT2D eigenvalue weighted by atomic mass is 16.1. The number of amides is 1. The number of likely N-dealkylation sites (N-methyl/N-ethyl adjacent to an activating group) is 1. The van der Waals surface area contributed by atoms with Gasteiger partial charge in [0.2, 0.25) is 5.91 Å². The van der Waals surface area contributed by atoms with Crippen molar-refractivity contribution in [1.82, 2.24) is 5.32 Å². The summed E-state index contributed by atoms with van der Waals surface area (Å²) in [5.41, 5.74) is 1.09. The van der Waals surface area contributed by atoms with Gasteiger partial charge in [0.05, 0.1) is 0 Å². The van der Waals surface area contributed by atoms with Gasteiger partial charge in [-0.2, -0.15) is 0 Å². The Morgan fingerprint density at radius 3 is 2.40 bits per heavy atom. The normalized spacial score (nSPS) is 12.1. The fourth-order valence-electron chi connectivity index (χ4n) is 0.387. The molecule has 56 valence electrons. The van der Waals surface area contributed by atoms with E-state index in [-0.39, 0.29) is 5.91 Å². The molecular formula is C8H13NO. The number of carbonyl (C=O) groups is 1. The number of rotatable bonds is 2. The van der Waals surface area contributed by atoms with E-state index in [0.29, 0.717) is 0 Å². The first-order chi connectivity index (χ1) is 4.70. The van der Waals surface area contributed by atoms with Gasteiger partial charge in [0.25, 0.3) is 0 Å². The molecular weight excluding hydrogens is 126 g/mol. The van der Waals surface area contributed by atoms with E-state index in [1.165, 1.54) is 6.08 Å². The molecule has 10 heavy (non-hydrogen) atoms. The fourth-order valence-corrected chi connectivity index (χ4v) is 0.387. The third kappa shape index (κ3) is 3.89. The van der Waals surface area contributed by atoms with Crippen LogP contribution in [-0.4, -0.2) is 13.0 Å². The Bertz CT molecular complexity index is 168. The van der Waals surface area contributed by atoms with Crippen molar-refractivity contribution in [3.05, 3.63) is 23.8 Å². The molecule has 0 aliphatic heterocycles. The molecule has 1 amide bonds. The zero-order valence-electron chi connectivity index (χ0n) is 6.64. The van der Waals surface area contributed by atoms with Crippen molar-refractivity contribution in [1.29, 1.82) is 0 Å². The van der Waals surface area contributed by atoms with E-state index < -0.39 is 0 Å². The van der Waals surface area contributed by atoms with E-state index in [2.05, 4.69) is 5.32 Å². The molecule has 0 aromatic heterocycles. The Balaban J connectivity index is 3.88. The summed E-state index contributed by atoms with van der Waals surface area (Å²) < 4.78 is 0. The standard InChI is InChI=1S/C8H13NO/c1-4-7(2)5-6-8(10)9-3/h4-6H,1-3H3,(H,9,10)/b6-5-,7-4-. The topological polar surface area (TPSA) is 29.1 Å². The van der Waals surface area contributed by atoms with Crippen molar-refractivity contribution < 1.29 is 4.79 Å². The van der Waals surface area contributed by atoms with Crippen LogP contribution < -0.4 is 5.32 Å². The zero-order chi connectivity index (χ0) is 7.98. The highest BCUT2D eigenvalue weighted by Gasteiger charge is 1.85. The molecule has 0 saturated heterocycles. The summed E-state index contributed by atoms with van der Waals surface area (Å²) in [6, 6.07) is 0. The van der Waals surface area contributed by atoms with Gasteiger partial charge in [0.15, 0.2) is 0 Å². The number of nitrogens with one attached hydrogen (secondary N) is 1. The number of carbonyl (C=O) groups excluding carboxylic acids is 1. The van der Waals surface area contributed by atoms with Crippen LogP contribution in [0.5, 0.6) is 0 Å². The van der Waals surface area contributed by atoms with E-state index in [1.807, 2.05) is 19.9 Å². The molecule has 0 saturated carbocycles. The second-order valence-corrected chi connectivity index (χ2v) is 1.98. The Kier molecular flexibility index (Phi) is 4.29. The number of hydrogen-bond donors (Lipinski definition) is 1. The molecule has 0 fully saturated rings. The Morgan fingerprint density at radius 2 is 2.00 bits per heavy atom. The molecule has 1 N–H and O–H groups in total. The van der Waals surface area contributed by atoms with E-state index in [9.17, 15) is 4.79 Å². The summed E-state index contributed by atoms with van der Waals surface area (Å²) in [5, 5.41) is 2.49. The maximum atomic E-state index is 10.6. The van der Waals surface area contributed by atoms with Crippen LogP contribution in [0.1, 0.15) is 13.8 Å². The van der Waals surface area contributed by atoms with E-state index in [0.717, 1.165) is 5.57 Å². The van der Waals surface area contributed by atoms with Crippen LogP contribution in [0, 0.1) is 0 Å². The molecule has 0 rings (SSSR count). The molecule has 2 nitrogen and oxygen atoms in total. The smallest absolute Gasteiger partial charge is 0.243 e. The third-order valence-corrected chi connectivity index (χ3v) is 1.20. The summed E-state index contributed by atoms with van der Waals surface area (Å²) in [5.74, 6) is -0.0683. The van der Waals surface area contributed by atoms with Gasteiger partial charge in [0.1, 0.15) is 0 Å². The maximum Gasteiger partial charge on any atom is 0.243 e. The highest BCUT2D eigenvalue weighted by molar-refractivity contribution is 5.87. The summed E-state index contributed by atoms with van der Waals surface area (Å²) in [6.07, 6.45) is 5.23. The van der Waals surface area contributed by atoms with E-state index >= 15 is 0 Å². The van der Waals surface area contributed by atoms with Crippen LogP contribution in [0.3, 0.4) is 0 Å². The molecule has 0 aliphatic carbocycles. The monoisotopic (exact) mass is 139 g/mol. The van der Waals surface area contributed by atoms with E-state index in [1.54, 1.807) is 13.1 Å². The molecule has 0 heterocycles. The lowest BCUT2D eigenvalue weighted by atomic mass is 10.2. The van der Waals surface area contributed by atoms with Crippen molar-refractivity contribution in [2.24, 2.45) is 0 Å². The molecule has 0 aromatic carbocycles. The van der Waals surface area contributed by atoms with Crippen molar-refractivity contribution in [2.75, 3.05) is 7.05 Å². The SMILES string of the molecule is C/C=C(C)\C=C/C(=O)NC. The molecule has 0 aromatic rings. The van der Waals surface area contributed by atoms with Crippen LogP contribution in [0.25, 0.3) is 0 Å². The first kappa shape index (κ1) is 8.95. The van der Waals surface area contributed by atoms with Gasteiger partial charge in [-0.15, -0.1) is 0 Å². The van der Waals surface area contributed by atoms with Crippen molar-refractivity contribution in [3.8, 4) is 0 Å². The Labute approximate surface area is 61.6 Å². The van der Waals surface area contributed by atoms with Crippen LogP contribution >= 0.6 is 0 Å². The van der Waals surface area contributed by atoms with Crippen molar-refractivity contribution >= 4 is 5.91 Å². The average Bonchev–Trinajstić information content (AvgIpc) is 1.99. The number of allylic oxidation sites excluding steroid dienone is 3. The maximum absolute atomic E-state index is 10.6. The molecule has 0 atom stereocenters. The summed E-state index contributed by atoms with van der Waals surface area (Å²) >= 11 is 0. The predicted molar refractivity (Wildman–Crippen MR) is 42.6 cm³/mol. The minimum absolute atomic E-state index is 0.0683. The largest absolute Gasteiger partial charge is 0.356 e.